The highest BCUT2D eigenvalue weighted by Crippen LogP contribution is 2.18. The molecule has 0 aliphatic heterocycles. The molecule has 1 amide bonds. The summed E-state index contributed by atoms with van der Waals surface area (Å²) in [6.45, 7) is 2.63. The molecule has 142 valence electrons. The Bertz CT molecular complexity index is 917. The summed E-state index contributed by atoms with van der Waals surface area (Å²) in [4.78, 5) is 12.6. The Hall–Kier alpha value is -2.67. The molecule has 0 atom stereocenters. The lowest BCUT2D eigenvalue weighted by atomic mass is 10.1. The number of halogens is 1. The van der Waals surface area contributed by atoms with Gasteiger partial charge in [-0.1, -0.05) is 36.2 Å². The lowest BCUT2D eigenvalue weighted by Crippen LogP contribution is -2.26. The summed E-state index contributed by atoms with van der Waals surface area (Å²) >= 11 is 6.08. The lowest BCUT2D eigenvalue weighted by Gasteiger charge is -2.08. The number of amides is 1. The number of nitrogens with zero attached hydrogens (tertiary/aromatic N) is 5. The predicted molar refractivity (Wildman–Crippen MR) is 104 cm³/mol. The van der Waals surface area contributed by atoms with Crippen LogP contribution in [0.25, 0.3) is 5.69 Å². The number of nitrogens with one attached hydrogen (secondary N) is 1. The summed E-state index contributed by atoms with van der Waals surface area (Å²) in [5.74, 6) is -0.196. The Balaban J connectivity index is 1.67. The molecule has 0 aliphatic carbocycles. The van der Waals surface area contributed by atoms with E-state index in [1.807, 2.05) is 37.6 Å². The Morgan fingerprint density at radius 3 is 2.85 bits per heavy atom. The summed E-state index contributed by atoms with van der Waals surface area (Å²) in [6, 6.07) is 7.37. The average Bonchev–Trinajstić information content (AvgIpc) is 3.25. The van der Waals surface area contributed by atoms with E-state index in [0.717, 1.165) is 36.2 Å². The Morgan fingerprint density at radius 2 is 2.15 bits per heavy atom. The number of carbonyl (C=O) groups is 1. The zero-order valence-electron chi connectivity index (χ0n) is 15.5. The van der Waals surface area contributed by atoms with Crippen LogP contribution in [0, 0.1) is 0 Å². The van der Waals surface area contributed by atoms with Gasteiger partial charge >= 0.3 is 0 Å². The molecule has 0 unspecified atom stereocenters. The molecule has 3 aromatic rings. The van der Waals surface area contributed by atoms with Crippen LogP contribution in [0.5, 0.6) is 0 Å². The minimum absolute atomic E-state index is 0.196. The predicted octanol–water partition coefficient (Wildman–Crippen LogP) is 2.97. The fraction of sp³-hybridized carbons (Fsp3) is 0.368. The molecule has 8 heteroatoms. The van der Waals surface area contributed by atoms with Crippen molar-refractivity contribution in [1.29, 1.82) is 0 Å². The van der Waals surface area contributed by atoms with Crippen LogP contribution in [0.15, 0.2) is 36.7 Å². The van der Waals surface area contributed by atoms with Gasteiger partial charge in [0.05, 0.1) is 17.6 Å². The molecule has 1 aromatic carbocycles. The van der Waals surface area contributed by atoms with Crippen molar-refractivity contribution in [2.75, 3.05) is 6.54 Å². The quantitative estimate of drug-likeness (QED) is 0.604. The largest absolute Gasteiger partial charge is 0.351 e. The van der Waals surface area contributed by atoms with Crippen LogP contribution in [0.2, 0.25) is 5.02 Å². The first kappa shape index (κ1) is 19.1. The van der Waals surface area contributed by atoms with Crippen molar-refractivity contribution in [1.82, 2.24) is 30.1 Å². The molecule has 0 radical (unpaired) electrons. The average molecular weight is 387 g/mol. The maximum absolute atomic E-state index is 12.6. The maximum atomic E-state index is 12.6. The first-order valence-electron chi connectivity index (χ1n) is 9.04. The molecular formula is C19H23ClN6O. The molecule has 2 heterocycles. The highest BCUT2D eigenvalue weighted by Gasteiger charge is 2.19. The van der Waals surface area contributed by atoms with Crippen molar-refractivity contribution in [3.8, 4) is 5.69 Å². The van der Waals surface area contributed by atoms with Gasteiger partial charge in [0, 0.05) is 24.8 Å². The van der Waals surface area contributed by atoms with Crippen LogP contribution in [0.3, 0.4) is 0 Å². The molecule has 0 aliphatic rings. The first-order chi connectivity index (χ1) is 13.1. The van der Waals surface area contributed by atoms with Gasteiger partial charge in [0.25, 0.3) is 5.91 Å². The number of benzene rings is 1. The number of rotatable bonds is 8. The summed E-state index contributed by atoms with van der Waals surface area (Å²) in [5, 5.41) is 16.0. The van der Waals surface area contributed by atoms with Gasteiger partial charge in [-0.05, 0) is 43.0 Å². The second-order valence-corrected chi connectivity index (χ2v) is 6.84. The number of carbonyl (C=O) groups excluding carboxylic acids is 1. The molecule has 0 fully saturated rings. The maximum Gasteiger partial charge on any atom is 0.273 e. The molecule has 0 spiro atoms. The topological polar surface area (TPSA) is 77.6 Å². The SMILES string of the molecule is CCCc1c(C(=O)NCCCc2cnn(C)c2)nnn1-c1cccc(Cl)c1. The van der Waals surface area contributed by atoms with Crippen LogP contribution < -0.4 is 5.32 Å². The van der Waals surface area contributed by atoms with E-state index in [4.69, 9.17) is 11.6 Å². The van der Waals surface area contributed by atoms with E-state index in [1.54, 1.807) is 15.4 Å². The van der Waals surface area contributed by atoms with Gasteiger partial charge in [0.1, 0.15) is 0 Å². The summed E-state index contributed by atoms with van der Waals surface area (Å²) in [7, 11) is 1.89. The van der Waals surface area contributed by atoms with Crippen LogP contribution in [-0.2, 0) is 19.9 Å². The van der Waals surface area contributed by atoms with Crippen molar-refractivity contribution in [2.45, 2.75) is 32.6 Å². The van der Waals surface area contributed by atoms with Gasteiger partial charge in [-0.15, -0.1) is 5.10 Å². The number of aromatic nitrogens is 5. The van der Waals surface area contributed by atoms with Gasteiger partial charge < -0.3 is 5.32 Å². The van der Waals surface area contributed by atoms with E-state index < -0.39 is 0 Å². The highest BCUT2D eigenvalue weighted by molar-refractivity contribution is 6.30. The second kappa shape index (κ2) is 8.81. The molecule has 0 saturated heterocycles. The molecule has 1 N–H and O–H groups in total. The zero-order valence-corrected chi connectivity index (χ0v) is 16.3. The fourth-order valence-electron chi connectivity index (χ4n) is 2.93. The van der Waals surface area contributed by atoms with Crippen molar-refractivity contribution < 1.29 is 4.79 Å². The van der Waals surface area contributed by atoms with Gasteiger partial charge in [-0.25, -0.2) is 4.68 Å². The standard InChI is InChI=1S/C19H23ClN6O/c1-3-6-17-18(23-24-26(17)16-9-4-8-15(20)11-16)19(27)21-10-5-7-14-12-22-25(2)13-14/h4,8-9,11-13H,3,5-7,10H2,1-2H3,(H,21,27). The molecule has 7 nitrogen and oxygen atoms in total. The fourth-order valence-corrected chi connectivity index (χ4v) is 3.12. The Kier molecular flexibility index (Phi) is 6.24. The van der Waals surface area contributed by atoms with Crippen LogP contribution >= 0.6 is 11.6 Å². The summed E-state index contributed by atoms with van der Waals surface area (Å²) in [6.07, 6.45) is 7.12. The van der Waals surface area contributed by atoms with Crippen LogP contribution in [-0.4, -0.2) is 37.2 Å². The van der Waals surface area contributed by atoms with Crippen molar-refractivity contribution in [3.05, 3.63) is 58.6 Å². The van der Waals surface area contributed by atoms with Crippen molar-refractivity contribution in [2.24, 2.45) is 7.05 Å². The van der Waals surface area contributed by atoms with Gasteiger partial charge in [-0.2, -0.15) is 5.10 Å². The monoisotopic (exact) mass is 386 g/mol. The van der Waals surface area contributed by atoms with E-state index in [1.165, 1.54) is 0 Å². The van der Waals surface area contributed by atoms with Crippen LogP contribution in [0.1, 0.15) is 41.5 Å². The third kappa shape index (κ3) is 4.74. The highest BCUT2D eigenvalue weighted by atomic mass is 35.5. The molecule has 2 aromatic heterocycles. The second-order valence-electron chi connectivity index (χ2n) is 6.41. The minimum atomic E-state index is -0.196. The van der Waals surface area contributed by atoms with E-state index in [2.05, 4.69) is 27.7 Å². The van der Waals surface area contributed by atoms with Crippen molar-refractivity contribution in [3.63, 3.8) is 0 Å². The third-order valence-electron chi connectivity index (χ3n) is 4.20. The molecule has 27 heavy (non-hydrogen) atoms. The smallest absolute Gasteiger partial charge is 0.273 e. The number of hydrogen-bond acceptors (Lipinski definition) is 4. The number of hydrogen-bond donors (Lipinski definition) is 1. The van der Waals surface area contributed by atoms with Gasteiger partial charge in [0.2, 0.25) is 0 Å². The summed E-state index contributed by atoms with van der Waals surface area (Å²) < 4.78 is 3.47. The lowest BCUT2D eigenvalue weighted by molar-refractivity contribution is 0.0947. The van der Waals surface area contributed by atoms with E-state index in [-0.39, 0.29) is 5.91 Å². The van der Waals surface area contributed by atoms with Crippen LogP contribution in [0.4, 0.5) is 0 Å². The van der Waals surface area contributed by atoms with Gasteiger partial charge in [0.15, 0.2) is 5.69 Å². The van der Waals surface area contributed by atoms with E-state index in [0.29, 0.717) is 23.7 Å². The Morgan fingerprint density at radius 1 is 1.30 bits per heavy atom. The normalized spacial score (nSPS) is 10.9. The zero-order chi connectivity index (χ0) is 19.2. The molecule has 0 bridgehead atoms. The van der Waals surface area contributed by atoms with Gasteiger partial charge in [-0.3, -0.25) is 9.48 Å². The number of aryl methyl sites for hydroxylation is 2. The molecule has 3 rings (SSSR count). The van der Waals surface area contributed by atoms with Crippen molar-refractivity contribution >= 4 is 17.5 Å². The minimum Gasteiger partial charge on any atom is -0.351 e. The molecule has 0 saturated carbocycles. The summed E-state index contributed by atoms with van der Waals surface area (Å²) in [5.41, 5.74) is 3.13. The third-order valence-corrected chi connectivity index (χ3v) is 4.44. The molecular weight excluding hydrogens is 364 g/mol. The first-order valence-corrected chi connectivity index (χ1v) is 9.42. The van der Waals surface area contributed by atoms with E-state index >= 15 is 0 Å². The van der Waals surface area contributed by atoms with E-state index in [9.17, 15) is 4.79 Å². The Labute approximate surface area is 163 Å².